The third-order valence-corrected chi connectivity index (χ3v) is 4.40. The summed E-state index contributed by atoms with van der Waals surface area (Å²) in [7, 11) is 0. The number of rotatable bonds is 4. The Balaban J connectivity index is 1.78. The number of carbonyl (C=O) groups excluding carboxylic acids is 1. The first-order valence-corrected chi connectivity index (χ1v) is 8.03. The van der Waals surface area contributed by atoms with E-state index in [0.29, 0.717) is 12.5 Å². The lowest BCUT2D eigenvalue weighted by Crippen LogP contribution is -2.42. The van der Waals surface area contributed by atoms with E-state index in [2.05, 4.69) is 18.9 Å². The van der Waals surface area contributed by atoms with E-state index in [9.17, 15) is 4.79 Å². The van der Waals surface area contributed by atoms with Gasteiger partial charge in [0.25, 0.3) is 0 Å². The van der Waals surface area contributed by atoms with Gasteiger partial charge < -0.3 is 9.32 Å². The predicted molar refractivity (Wildman–Crippen MR) is 83.2 cm³/mol. The number of nitrogens with zero attached hydrogens (tertiary/aromatic N) is 3. The van der Waals surface area contributed by atoms with E-state index in [0.717, 1.165) is 37.3 Å². The summed E-state index contributed by atoms with van der Waals surface area (Å²) in [5.41, 5.74) is 0. The van der Waals surface area contributed by atoms with E-state index in [4.69, 9.17) is 4.42 Å². The average Bonchev–Trinajstić information content (AvgIpc) is 3.18. The molecule has 0 saturated carbocycles. The number of hydrogen-bond donors (Lipinski definition) is 0. The topological polar surface area (TPSA) is 51.3 Å². The highest BCUT2D eigenvalue weighted by Crippen LogP contribution is 2.35. The number of furan rings is 1. The second-order valence-corrected chi connectivity index (χ2v) is 6.09. The molecule has 1 aliphatic heterocycles. The Morgan fingerprint density at radius 3 is 3.00 bits per heavy atom. The smallest absolute Gasteiger partial charge is 0.244 e. The Morgan fingerprint density at radius 1 is 1.45 bits per heavy atom. The van der Waals surface area contributed by atoms with Gasteiger partial charge in [-0.25, -0.2) is 0 Å². The van der Waals surface area contributed by atoms with Gasteiger partial charge in [0.1, 0.15) is 18.1 Å². The maximum atomic E-state index is 12.7. The van der Waals surface area contributed by atoms with Crippen molar-refractivity contribution >= 4 is 5.91 Å². The second-order valence-electron chi connectivity index (χ2n) is 6.09. The van der Waals surface area contributed by atoms with E-state index in [-0.39, 0.29) is 11.9 Å². The predicted octanol–water partition coefficient (Wildman–Crippen LogP) is 3.04. The van der Waals surface area contributed by atoms with Crippen molar-refractivity contribution in [3.05, 3.63) is 42.1 Å². The molecule has 0 aromatic carbocycles. The Kier molecular flexibility index (Phi) is 4.32. The van der Waals surface area contributed by atoms with Crippen molar-refractivity contribution < 1.29 is 9.21 Å². The number of aryl methyl sites for hydroxylation is 1. The summed E-state index contributed by atoms with van der Waals surface area (Å²) in [6.07, 6.45) is 6.40. The van der Waals surface area contributed by atoms with Crippen LogP contribution in [-0.4, -0.2) is 27.1 Å². The normalized spacial score (nSPS) is 22.0. The summed E-state index contributed by atoms with van der Waals surface area (Å²) in [6.45, 7) is 5.39. The zero-order chi connectivity index (χ0) is 15.5. The van der Waals surface area contributed by atoms with E-state index >= 15 is 0 Å². The molecule has 1 fully saturated rings. The van der Waals surface area contributed by atoms with Crippen LogP contribution in [-0.2, 0) is 17.8 Å². The average molecular weight is 301 g/mol. The van der Waals surface area contributed by atoms with Crippen molar-refractivity contribution in [2.75, 3.05) is 6.54 Å². The molecule has 0 unspecified atom stereocenters. The zero-order valence-electron chi connectivity index (χ0n) is 13.2. The highest BCUT2D eigenvalue weighted by atomic mass is 16.3. The van der Waals surface area contributed by atoms with Crippen molar-refractivity contribution in [1.82, 2.24) is 14.7 Å². The van der Waals surface area contributed by atoms with Gasteiger partial charge in [0.05, 0.1) is 6.04 Å². The molecule has 3 heterocycles. The van der Waals surface area contributed by atoms with Gasteiger partial charge in [-0.15, -0.1) is 0 Å². The first kappa shape index (κ1) is 14.9. The zero-order valence-corrected chi connectivity index (χ0v) is 13.2. The van der Waals surface area contributed by atoms with Crippen LogP contribution in [0, 0.1) is 5.92 Å². The van der Waals surface area contributed by atoms with Gasteiger partial charge in [-0.3, -0.25) is 9.48 Å². The summed E-state index contributed by atoms with van der Waals surface area (Å²) in [6, 6.07) is 5.93. The van der Waals surface area contributed by atoms with E-state index in [1.165, 1.54) is 0 Å². The minimum absolute atomic E-state index is 0.0483. The highest BCUT2D eigenvalue weighted by Gasteiger charge is 2.33. The van der Waals surface area contributed by atoms with Crippen molar-refractivity contribution in [3.8, 4) is 0 Å². The lowest BCUT2D eigenvalue weighted by atomic mass is 9.91. The summed E-state index contributed by atoms with van der Waals surface area (Å²) < 4.78 is 7.60. The molecule has 5 heteroatoms. The van der Waals surface area contributed by atoms with Crippen LogP contribution in [0.25, 0.3) is 0 Å². The van der Waals surface area contributed by atoms with Gasteiger partial charge in [-0.05, 0) is 37.0 Å². The van der Waals surface area contributed by atoms with Crippen LogP contribution in [0.3, 0.4) is 0 Å². The van der Waals surface area contributed by atoms with Crippen LogP contribution in [0.5, 0.6) is 0 Å². The Labute approximate surface area is 130 Å². The summed E-state index contributed by atoms with van der Waals surface area (Å²) in [5, 5.41) is 4.13. The number of carbonyl (C=O) groups is 1. The van der Waals surface area contributed by atoms with Crippen molar-refractivity contribution in [1.29, 1.82) is 0 Å². The molecule has 2 aromatic heterocycles. The molecule has 1 aliphatic rings. The van der Waals surface area contributed by atoms with Crippen LogP contribution in [0.15, 0.2) is 35.0 Å². The summed E-state index contributed by atoms with van der Waals surface area (Å²) in [4.78, 5) is 14.6. The third kappa shape index (κ3) is 3.08. The summed E-state index contributed by atoms with van der Waals surface area (Å²) >= 11 is 0. The fourth-order valence-corrected chi connectivity index (χ4v) is 3.10. The van der Waals surface area contributed by atoms with E-state index in [1.54, 1.807) is 10.9 Å². The molecule has 2 atom stereocenters. The fraction of sp³-hybridized carbons (Fsp3) is 0.529. The van der Waals surface area contributed by atoms with Gasteiger partial charge in [-0.2, -0.15) is 5.10 Å². The molecule has 0 radical (unpaired) electrons. The first-order chi connectivity index (χ1) is 10.7. The van der Waals surface area contributed by atoms with Crippen molar-refractivity contribution in [2.24, 2.45) is 5.92 Å². The molecular formula is C17H23N3O2. The molecule has 1 saturated heterocycles. The third-order valence-electron chi connectivity index (χ3n) is 4.40. The van der Waals surface area contributed by atoms with E-state index < -0.39 is 0 Å². The molecular weight excluding hydrogens is 278 g/mol. The Bertz CT molecular complexity index is 618. The largest absolute Gasteiger partial charge is 0.464 e. The molecule has 0 N–H and O–H groups in total. The van der Waals surface area contributed by atoms with Gasteiger partial charge in [0.15, 0.2) is 0 Å². The standard InChI is InChI=1S/C17H23N3O2/c1-3-14-5-6-16(22-14)15-11-13(2)7-10-20(15)17(21)12-19-9-4-8-18-19/h4-6,8-9,13,15H,3,7,10-12H2,1-2H3/t13-,15-/m0/s1. The Hall–Kier alpha value is -2.04. The van der Waals surface area contributed by atoms with Crippen molar-refractivity contribution in [3.63, 3.8) is 0 Å². The number of likely N-dealkylation sites (tertiary alicyclic amines) is 1. The quantitative estimate of drug-likeness (QED) is 0.872. The van der Waals surface area contributed by atoms with Crippen molar-refractivity contribution in [2.45, 2.75) is 45.7 Å². The lowest BCUT2D eigenvalue weighted by molar-refractivity contribution is -0.137. The first-order valence-electron chi connectivity index (χ1n) is 8.03. The van der Waals surface area contributed by atoms with Gasteiger partial charge >= 0.3 is 0 Å². The van der Waals surface area contributed by atoms with Crippen LogP contribution in [0.1, 0.15) is 44.3 Å². The monoisotopic (exact) mass is 301 g/mol. The van der Waals surface area contributed by atoms with Gasteiger partial charge in [0.2, 0.25) is 5.91 Å². The SMILES string of the molecule is CCc1ccc([C@@H]2C[C@@H](C)CCN2C(=O)Cn2cccn2)o1. The van der Waals surface area contributed by atoms with Crippen LogP contribution in [0.2, 0.25) is 0 Å². The molecule has 0 spiro atoms. The number of amides is 1. The summed E-state index contributed by atoms with van der Waals surface area (Å²) in [5.74, 6) is 2.61. The number of piperidine rings is 1. The molecule has 118 valence electrons. The molecule has 1 amide bonds. The van der Waals surface area contributed by atoms with Crippen LogP contribution >= 0.6 is 0 Å². The Morgan fingerprint density at radius 2 is 2.32 bits per heavy atom. The highest BCUT2D eigenvalue weighted by molar-refractivity contribution is 5.76. The maximum Gasteiger partial charge on any atom is 0.244 e. The molecule has 0 aliphatic carbocycles. The molecule has 3 rings (SSSR count). The van der Waals surface area contributed by atoms with Gasteiger partial charge in [0, 0.05) is 25.4 Å². The second kappa shape index (κ2) is 6.38. The minimum Gasteiger partial charge on any atom is -0.464 e. The molecule has 22 heavy (non-hydrogen) atoms. The number of aromatic nitrogens is 2. The maximum absolute atomic E-state index is 12.7. The van der Waals surface area contributed by atoms with Crippen LogP contribution in [0.4, 0.5) is 0 Å². The minimum atomic E-state index is 0.0483. The molecule has 0 bridgehead atoms. The number of hydrogen-bond acceptors (Lipinski definition) is 3. The molecule has 5 nitrogen and oxygen atoms in total. The van der Waals surface area contributed by atoms with Crippen LogP contribution < -0.4 is 0 Å². The molecule has 2 aromatic rings. The lowest BCUT2D eigenvalue weighted by Gasteiger charge is -2.37. The van der Waals surface area contributed by atoms with Gasteiger partial charge in [-0.1, -0.05) is 13.8 Å². The fourth-order valence-electron chi connectivity index (χ4n) is 3.10. The van der Waals surface area contributed by atoms with E-state index in [1.807, 2.05) is 29.3 Å².